The second-order valence-electron chi connectivity index (χ2n) is 16.2. The van der Waals surface area contributed by atoms with Gasteiger partial charge in [-0.05, 0) is 109 Å². The van der Waals surface area contributed by atoms with Gasteiger partial charge in [-0.2, -0.15) is 0 Å². The molecule has 2 aliphatic carbocycles. The zero-order valence-corrected chi connectivity index (χ0v) is 30.1. The largest absolute Gasteiger partial charge is 0.456 e. The van der Waals surface area contributed by atoms with Crippen molar-refractivity contribution in [2.24, 2.45) is 0 Å². The van der Waals surface area contributed by atoms with E-state index in [0.29, 0.717) is 0 Å². The molecular formula is C49H41NO. The summed E-state index contributed by atoms with van der Waals surface area (Å²) >= 11 is 0. The molecule has 2 nitrogen and oxygen atoms in total. The van der Waals surface area contributed by atoms with Gasteiger partial charge < -0.3 is 9.32 Å². The maximum Gasteiger partial charge on any atom is 0.137 e. The maximum absolute atomic E-state index is 6.47. The summed E-state index contributed by atoms with van der Waals surface area (Å²) in [4.78, 5) is 2.43. The molecule has 51 heavy (non-hydrogen) atoms. The van der Waals surface area contributed by atoms with Gasteiger partial charge in [-0.3, -0.25) is 0 Å². The number of rotatable bonds is 3. The van der Waals surface area contributed by atoms with Crippen LogP contribution in [0.5, 0.6) is 0 Å². The molecular weight excluding hydrogens is 619 g/mol. The van der Waals surface area contributed by atoms with Crippen LogP contribution in [0, 0.1) is 0 Å². The SMILES string of the molecule is CC1(C)c2ccccc2-c2ccc3ccc(N(c4ccc5c(c4)C(C)(C)C(C)(C)c4ccccc4-5)c4ccc5c(c4)oc4ccccc45)cc3c21. The Morgan fingerprint density at radius 3 is 1.78 bits per heavy atom. The summed E-state index contributed by atoms with van der Waals surface area (Å²) in [5, 5.41) is 4.84. The van der Waals surface area contributed by atoms with Crippen LogP contribution in [-0.2, 0) is 16.2 Å². The summed E-state index contributed by atoms with van der Waals surface area (Å²) in [5.41, 5.74) is 15.8. The number of para-hydroxylation sites is 1. The molecule has 2 heteroatoms. The first-order valence-corrected chi connectivity index (χ1v) is 18.2. The number of fused-ring (bicyclic) bond motifs is 11. The van der Waals surface area contributed by atoms with Crippen molar-refractivity contribution in [1.82, 2.24) is 0 Å². The van der Waals surface area contributed by atoms with Gasteiger partial charge in [0.15, 0.2) is 0 Å². The first-order valence-electron chi connectivity index (χ1n) is 18.2. The van der Waals surface area contributed by atoms with Crippen molar-refractivity contribution in [2.45, 2.75) is 57.8 Å². The van der Waals surface area contributed by atoms with Crippen LogP contribution in [0.25, 0.3) is 55.0 Å². The van der Waals surface area contributed by atoms with Crippen molar-refractivity contribution < 1.29 is 4.42 Å². The minimum absolute atomic E-state index is 0.0582. The van der Waals surface area contributed by atoms with Gasteiger partial charge in [0.2, 0.25) is 0 Å². The third kappa shape index (κ3) is 4.05. The molecule has 0 bridgehead atoms. The Kier molecular flexibility index (Phi) is 6.07. The maximum atomic E-state index is 6.47. The van der Waals surface area contributed by atoms with Crippen molar-refractivity contribution >= 4 is 49.8 Å². The Morgan fingerprint density at radius 2 is 0.961 bits per heavy atom. The second-order valence-corrected chi connectivity index (χ2v) is 16.2. The zero-order chi connectivity index (χ0) is 34.9. The lowest BCUT2D eigenvalue weighted by Gasteiger charge is -2.48. The van der Waals surface area contributed by atoms with Crippen LogP contribution in [0.15, 0.2) is 144 Å². The molecule has 0 atom stereocenters. The highest BCUT2D eigenvalue weighted by molar-refractivity contribution is 6.06. The monoisotopic (exact) mass is 659 g/mol. The number of hydrogen-bond donors (Lipinski definition) is 0. The van der Waals surface area contributed by atoms with Crippen LogP contribution in [-0.4, -0.2) is 0 Å². The van der Waals surface area contributed by atoms with Crippen LogP contribution >= 0.6 is 0 Å². The number of benzene rings is 7. The molecule has 0 saturated heterocycles. The Hall–Kier alpha value is -5.60. The molecule has 8 aromatic rings. The number of hydrogen-bond acceptors (Lipinski definition) is 2. The fraction of sp³-hybridized carbons (Fsp3) is 0.184. The quantitative estimate of drug-likeness (QED) is 0.188. The number of furan rings is 1. The van der Waals surface area contributed by atoms with Crippen molar-refractivity contribution in [3.8, 4) is 22.3 Å². The van der Waals surface area contributed by atoms with Crippen LogP contribution in [0.1, 0.15) is 63.8 Å². The molecule has 0 saturated carbocycles. The zero-order valence-electron chi connectivity index (χ0n) is 30.1. The number of anilines is 3. The minimum Gasteiger partial charge on any atom is -0.456 e. The van der Waals surface area contributed by atoms with Crippen molar-refractivity contribution in [3.63, 3.8) is 0 Å². The standard InChI is InChI=1S/C49H41NO/c1-47(2)41-16-10-7-14-35(41)39-24-20-30-19-21-31(27-40(30)46(39)47)50(33-23-26-38-37-15-9-12-18-44(37)51-45(38)29-33)32-22-25-36-34-13-8-11-17-42(34)48(3,4)49(5,6)43(36)28-32/h7-29H,1-6H3. The molecule has 1 heterocycles. The third-order valence-electron chi connectivity index (χ3n) is 12.8. The topological polar surface area (TPSA) is 16.4 Å². The molecule has 248 valence electrons. The fourth-order valence-electron chi connectivity index (χ4n) is 9.40. The molecule has 10 rings (SSSR count). The highest BCUT2D eigenvalue weighted by atomic mass is 16.3. The van der Waals surface area contributed by atoms with E-state index in [-0.39, 0.29) is 16.2 Å². The molecule has 0 amide bonds. The normalized spacial score (nSPS) is 16.1. The Labute approximate surface area is 300 Å². The summed E-state index contributed by atoms with van der Waals surface area (Å²) in [5.74, 6) is 0. The molecule has 0 aliphatic heterocycles. The van der Waals surface area contributed by atoms with E-state index in [1.807, 2.05) is 6.07 Å². The van der Waals surface area contributed by atoms with Gasteiger partial charge in [-0.25, -0.2) is 0 Å². The van der Waals surface area contributed by atoms with E-state index < -0.39 is 0 Å². The van der Waals surface area contributed by atoms with E-state index in [4.69, 9.17) is 4.42 Å². The Bertz CT molecular complexity index is 2740. The van der Waals surface area contributed by atoms with Gasteiger partial charge in [0.05, 0.1) is 0 Å². The van der Waals surface area contributed by atoms with Crippen LogP contribution in [0.2, 0.25) is 0 Å². The molecule has 7 aromatic carbocycles. The summed E-state index contributed by atoms with van der Waals surface area (Å²) in [6.07, 6.45) is 0. The summed E-state index contributed by atoms with van der Waals surface area (Å²) in [6, 6.07) is 51.7. The van der Waals surface area contributed by atoms with Gasteiger partial charge in [0.1, 0.15) is 11.2 Å². The third-order valence-corrected chi connectivity index (χ3v) is 12.8. The molecule has 0 spiro atoms. The Morgan fingerprint density at radius 1 is 0.412 bits per heavy atom. The molecule has 0 unspecified atom stereocenters. The van der Waals surface area contributed by atoms with Gasteiger partial charge in [0, 0.05) is 39.3 Å². The summed E-state index contributed by atoms with van der Waals surface area (Å²) in [7, 11) is 0. The van der Waals surface area contributed by atoms with Gasteiger partial charge in [-0.15, -0.1) is 0 Å². The lowest BCUT2D eigenvalue weighted by atomic mass is 9.55. The lowest BCUT2D eigenvalue weighted by Crippen LogP contribution is -2.43. The molecule has 1 aromatic heterocycles. The van der Waals surface area contributed by atoms with Crippen LogP contribution in [0.3, 0.4) is 0 Å². The van der Waals surface area contributed by atoms with E-state index >= 15 is 0 Å². The van der Waals surface area contributed by atoms with Crippen LogP contribution < -0.4 is 4.90 Å². The van der Waals surface area contributed by atoms with E-state index in [9.17, 15) is 0 Å². The predicted molar refractivity (Wildman–Crippen MR) is 215 cm³/mol. The first-order chi connectivity index (χ1) is 24.6. The van der Waals surface area contributed by atoms with Crippen molar-refractivity contribution in [3.05, 3.63) is 162 Å². The smallest absolute Gasteiger partial charge is 0.137 e. The molecule has 0 radical (unpaired) electrons. The highest BCUT2D eigenvalue weighted by Crippen LogP contribution is 2.56. The summed E-state index contributed by atoms with van der Waals surface area (Å²) in [6.45, 7) is 14.4. The van der Waals surface area contributed by atoms with E-state index in [1.54, 1.807) is 0 Å². The first kappa shape index (κ1) is 30.2. The van der Waals surface area contributed by atoms with Crippen molar-refractivity contribution in [2.75, 3.05) is 4.90 Å². The van der Waals surface area contributed by atoms with Crippen LogP contribution in [0.4, 0.5) is 17.1 Å². The van der Waals surface area contributed by atoms with Gasteiger partial charge in [0.25, 0.3) is 0 Å². The Balaban J connectivity index is 1.23. The fourth-order valence-corrected chi connectivity index (χ4v) is 9.40. The molecule has 2 aliphatic rings. The van der Waals surface area contributed by atoms with E-state index in [2.05, 4.69) is 180 Å². The lowest BCUT2D eigenvalue weighted by molar-refractivity contribution is 0.299. The van der Waals surface area contributed by atoms with E-state index in [0.717, 1.165) is 39.0 Å². The molecule has 0 N–H and O–H groups in total. The average molecular weight is 660 g/mol. The predicted octanol–water partition coefficient (Wildman–Crippen LogP) is 13.8. The molecule has 0 fully saturated rings. The highest BCUT2D eigenvalue weighted by Gasteiger charge is 2.46. The minimum atomic E-state index is -0.114. The van der Waals surface area contributed by atoms with Gasteiger partial charge >= 0.3 is 0 Å². The second kappa shape index (κ2) is 10.2. The van der Waals surface area contributed by atoms with E-state index in [1.165, 1.54) is 55.3 Å². The van der Waals surface area contributed by atoms with Crippen molar-refractivity contribution in [1.29, 1.82) is 0 Å². The van der Waals surface area contributed by atoms with Gasteiger partial charge in [-0.1, -0.05) is 133 Å². The number of nitrogens with zero attached hydrogens (tertiary/aromatic N) is 1. The summed E-state index contributed by atoms with van der Waals surface area (Å²) < 4.78 is 6.47. The average Bonchev–Trinajstić information content (AvgIpc) is 3.63.